The number of hydrogen-bond donors (Lipinski definition) is 0. The molecule has 0 spiro atoms. The van der Waals surface area contributed by atoms with Crippen LogP contribution in [0.2, 0.25) is 0 Å². The summed E-state index contributed by atoms with van der Waals surface area (Å²) in [6.07, 6.45) is 0. The second-order valence-corrected chi connectivity index (χ2v) is 4.26. The molecule has 1 aromatic heterocycles. The van der Waals surface area contributed by atoms with Gasteiger partial charge in [-0.3, -0.25) is 0 Å². The van der Waals surface area contributed by atoms with Crippen LogP contribution in [0.3, 0.4) is 0 Å². The molecule has 82 valence electrons. The number of halogens is 1. The van der Waals surface area contributed by atoms with E-state index in [1.165, 1.54) is 0 Å². The number of azo groups is 1. The van der Waals surface area contributed by atoms with E-state index in [4.69, 9.17) is 4.52 Å². The molecule has 0 aliphatic rings. The molecular weight excluding hydrogens is 270 g/mol. The SMILES string of the molecule is Cc1noc(C)c1N=Nc1ccc(Br)cc1. The molecule has 0 atom stereocenters. The Balaban J connectivity index is 2.24. The van der Waals surface area contributed by atoms with Crippen molar-refractivity contribution in [2.24, 2.45) is 10.2 Å². The van der Waals surface area contributed by atoms with Gasteiger partial charge in [-0.25, -0.2) is 0 Å². The van der Waals surface area contributed by atoms with Crippen molar-refractivity contribution >= 4 is 27.3 Å². The number of hydrogen-bond acceptors (Lipinski definition) is 4. The second-order valence-electron chi connectivity index (χ2n) is 3.35. The van der Waals surface area contributed by atoms with Gasteiger partial charge in [0.05, 0.1) is 5.69 Å². The topological polar surface area (TPSA) is 50.8 Å². The van der Waals surface area contributed by atoms with Crippen LogP contribution in [0.25, 0.3) is 0 Å². The van der Waals surface area contributed by atoms with Gasteiger partial charge in [-0.2, -0.15) is 5.11 Å². The molecule has 1 aromatic carbocycles. The van der Waals surface area contributed by atoms with Crippen molar-refractivity contribution in [1.82, 2.24) is 5.16 Å². The van der Waals surface area contributed by atoms with E-state index in [2.05, 4.69) is 31.3 Å². The van der Waals surface area contributed by atoms with Gasteiger partial charge in [-0.1, -0.05) is 21.1 Å². The number of aryl methyl sites for hydroxylation is 2. The number of rotatable bonds is 2. The third-order valence-corrected chi connectivity index (χ3v) is 2.62. The van der Waals surface area contributed by atoms with E-state index in [1.54, 1.807) is 0 Å². The van der Waals surface area contributed by atoms with Crippen LogP contribution in [0.15, 0.2) is 43.5 Å². The first-order chi connectivity index (χ1) is 7.66. The van der Waals surface area contributed by atoms with Crippen LogP contribution in [0.1, 0.15) is 11.5 Å². The monoisotopic (exact) mass is 279 g/mol. The first kappa shape index (κ1) is 11.0. The van der Waals surface area contributed by atoms with Gasteiger partial charge in [0.2, 0.25) is 0 Å². The summed E-state index contributed by atoms with van der Waals surface area (Å²) in [6.45, 7) is 3.66. The highest BCUT2D eigenvalue weighted by atomic mass is 79.9. The molecule has 0 fully saturated rings. The maximum absolute atomic E-state index is 4.99. The molecule has 0 unspecified atom stereocenters. The maximum atomic E-state index is 4.99. The molecule has 4 nitrogen and oxygen atoms in total. The Hall–Kier alpha value is -1.49. The maximum Gasteiger partial charge on any atom is 0.161 e. The molecule has 0 saturated heterocycles. The second kappa shape index (κ2) is 4.57. The standard InChI is InChI=1S/C11H10BrN3O/c1-7-11(8(2)16-15-7)14-13-10-5-3-9(12)4-6-10/h3-6H,1-2H3. The van der Waals surface area contributed by atoms with Crippen LogP contribution in [-0.4, -0.2) is 5.16 Å². The molecule has 0 saturated carbocycles. The number of aromatic nitrogens is 1. The molecule has 0 aliphatic heterocycles. The van der Waals surface area contributed by atoms with E-state index in [0.717, 1.165) is 15.9 Å². The van der Waals surface area contributed by atoms with Gasteiger partial charge in [0, 0.05) is 4.47 Å². The van der Waals surface area contributed by atoms with Crippen molar-refractivity contribution in [2.75, 3.05) is 0 Å². The van der Waals surface area contributed by atoms with Crippen LogP contribution in [-0.2, 0) is 0 Å². The van der Waals surface area contributed by atoms with Crippen molar-refractivity contribution in [3.63, 3.8) is 0 Å². The lowest BCUT2D eigenvalue weighted by molar-refractivity contribution is 0.393. The van der Waals surface area contributed by atoms with Crippen LogP contribution in [0.4, 0.5) is 11.4 Å². The van der Waals surface area contributed by atoms with Crippen molar-refractivity contribution in [2.45, 2.75) is 13.8 Å². The van der Waals surface area contributed by atoms with E-state index < -0.39 is 0 Å². The van der Waals surface area contributed by atoms with Gasteiger partial charge < -0.3 is 4.52 Å². The minimum absolute atomic E-state index is 0.679. The van der Waals surface area contributed by atoms with Crippen molar-refractivity contribution in [3.8, 4) is 0 Å². The molecule has 5 heteroatoms. The highest BCUT2D eigenvalue weighted by Gasteiger charge is 2.07. The zero-order valence-corrected chi connectivity index (χ0v) is 10.5. The minimum atomic E-state index is 0.679. The molecule has 0 bridgehead atoms. The molecule has 1 heterocycles. The lowest BCUT2D eigenvalue weighted by Crippen LogP contribution is -1.69. The number of benzene rings is 1. The van der Waals surface area contributed by atoms with E-state index in [9.17, 15) is 0 Å². The van der Waals surface area contributed by atoms with E-state index in [1.807, 2.05) is 38.1 Å². The zero-order chi connectivity index (χ0) is 11.5. The fraction of sp³-hybridized carbons (Fsp3) is 0.182. The molecule has 2 rings (SSSR count). The van der Waals surface area contributed by atoms with E-state index in [0.29, 0.717) is 11.4 Å². The van der Waals surface area contributed by atoms with Gasteiger partial charge >= 0.3 is 0 Å². The van der Waals surface area contributed by atoms with Crippen LogP contribution in [0.5, 0.6) is 0 Å². The molecule has 16 heavy (non-hydrogen) atoms. The Morgan fingerprint density at radius 2 is 1.81 bits per heavy atom. The zero-order valence-electron chi connectivity index (χ0n) is 8.94. The first-order valence-electron chi connectivity index (χ1n) is 4.77. The summed E-state index contributed by atoms with van der Waals surface area (Å²) >= 11 is 3.36. The Morgan fingerprint density at radius 1 is 1.12 bits per heavy atom. The quantitative estimate of drug-likeness (QED) is 0.762. The first-order valence-corrected chi connectivity index (χ1v) is 5.56. The molecular formula is C11H10BrN3O. The summed E-state index contributed by atoms with van der Waals surface area (Å²) in [5.41, 5.74) is 2.24. The summed E-state index contributed by atoms with van der Waals surface area (Å²) in [7, 11) is 0. The highest BCUT2D eigenvalue weighted by Crippen LogP contribution is 2.25. The fourth-order valence-electron chi connectivity index (χ4n) is 1.24. The normalized spacial score (nSPS) is 11.2. The molecule has 0 amide bonds. The van der Waals surface area contributed by atoms with Crippen molar-refractivity contribution < 1.29 is 4.52 Å². The summed E-state index contributed by atoms with van der Waals surface area (Å²) in [6, 6.07) is 7.60. The highest BCUT2D eigenvalue weighted by molar-refractivity contribution is 9.10. The van der Waals surface area contributed by atoms with Gasteiger partial charge in [-0.05, 0) is 38.1 Å². The van der Waals surface area contributed by atoms with Crippen LogP contribution < -0.4 is 0 Å². The van der Waals surface area contributed by atoms with Gasteiger partial charge in [0.25, 0.3) is 0 Å². The van der Waals surface area contributed by atoms with Gasteiger partial charge in [0.15, 0.2) is 11.4 Å². The predicted octanol–water partition coefficient (Wildman–Crippen LogP) is 4.47. The fourth-order valence-corrected chi connectivity index (χ4v) is 1.50. The Bertz CT molecular complexity index is 497. The van der Waals surface area contributed by atoms with E-state index >= 15 is 0 Å². The van der Waals surface area contributed by atoms with Crippen molar-refractivity contribution in [3.05, 3.63) is 40.2 Å². The minimum Gasteiger partial charge on any atom is -0.359 e. The third-order valence-electron chi connectivity index (χ3n) is 2.09. The van der Waals surface area contributed by atoms with E-state index in [-0.39, 0.29) is 0 Å². The molecule has 0 aliphatic carbocycles. The third kappa shape index (κ3) is 2.36. The molecule has 0 radical (unpaired) electrons. The van der Waals surface area contributed by atoms with Crippen LogP contribution in [0, 0.1) is 13.8 Å². The van der Waals surface area contributed by atoms with Gasteiger partial charge in [0.1, 0.15) is 5.69 Å². The number of nitrogens with zero attached hydrogens (tertiary/aromatic N) is 3. The Labute approximate surface area is 101 Å². The summed E-state index contributed by atoms with van der Waals surface area (Å²) in [5, 5.41) is 12.0. The summed E-state index contributed by atoms with van der Waals surface area (Å²) < 4.78 is 6.01. The summed E-state index contributed by atoms with van der Waals surface area (Å²) in [4.78, 5) is 0. The predicted molar refractivity (Wildman–Crippen MR) is 64.3 cm³/mol. The van der Waals surface area contributed by atoms with Crippen LogP contribution >= 0.6 is 15.9 Å². The lowest BCUT2D eigenvalue weighted by Gasteiger charge is -1.92. The smallest absolute Gasteiger partial charge is 0.161 e. The average Bonchev–Trinajstić information content (AvgIpc) is 2.59. The van der Waals surface area contributed by atoms with Gasteiger partial charge in [-0.15, -0.1) is 5.11 Å². The Morgan fingerprint density at radius 3 is 2.38 bits per heavy atom. The average molecular weight is 280 g/mol. The lowest BCUT2D eigenvalue weighted by atomic mass is 10.3. The molecule has 2 aromatic rings. The molecule has 0 N–H and O–H groups in total. The largest absolute Gasteiger partial charge is 0.359 e. The van der Waals surface area contributed by atoms with Crippen molar-refractivity contribution in [1.29, 1.82) is 0 Å². The summed E-state index contributed by atoms with van der Waals surface area (Å²) in [5.74, 6) is 0.679. The Kier molecular flexibility index (Phi) is 3.14.